The Morgan fingerprint density at radius 1 is 1.06 bits per heavy atom. The summed E-state index contributed by atoms with van der Waals surface area (Å²) in [5.74, 6) is 0.0979. The van der Waals surface area contributed by atoms with Crippen molar-refractivity contribution in [2.75, 3.05) is 6.61 Å². The maximum absolute atomic E-state index is 6.08. The van der Waals surface area contributed by atoms with Gasteiger partial charge in [0.05, 0.1) is 6.61 Å². The fourth-order valence-electron chi connectivity index (χ4n) is 3.69. The summed E-state index contributed by atoms with van der Waals surface area (Å²) < 4.78 is 17.3. The Morgan fingerprint density at radius 3 is 2.28 bits per heavy atom. The maximum atomic E-state index is 6.08. The molecule has 0 amide bonds. The van der Waals surface area contributed by atoms with E-state index in [9.17, 15) is 0 Å². The number of nitrogens with two attached hydrogens (primary N) is 3. The van der Waals surface area contributed by atoms with E-state index in [1.807, 2.05) is 0 Å². The molecule has 0 aromatic carbocycles. The van der Waals surface area contributed by atoms with Crippen LogP contribution in [0.2, 0.25) is 0 Å². The van der Waals surface area contributed by atoms with Crippen LogP contribution in [0.1, 0.15) is 12.8 Å². The third-order valence-corrected chi connectivity index (χ3v) is 4.90. The molecule has 100 valence electrons. The van der Waals surface area contributed by atoms with Crippen molar-refractivity contribution in [3.8, 4) is 0 Å². The fourth-order valence-corrected chi connectivity index (χ4v) is 3.69. The second-order valence-corrected chi connectivity index (χ2v) is 5.97. The van der Waals surface area contributed by atoms with E-state index in [-0.39, 0.29) is 12.5 Å². The lowest BCUT2D eigenvalue weighted by Gasteiger charge is -2.58. The van der Waals surface area contributed by atoms with E-state index < -0.39 is 24.0 Å². The Hall–Kier alpha value is -0.500. The van der Waals surface area contributed by atoms with Crippen LogP contribution in [-0.2, 0) is 14.2 Å². The van der Waals surface area contributed by atoms with E-state index in [1.165, 1.54) is 0 Å². The van der Waals surface area contributed by atoms with Crippen LogP contribution in [0, 0.1) is 17.8 Å². The normalized spacial score (nSPS) is 61.6. The Morgan fingerprint density at radius 2 is 1.78 bits per heavy atom. The van der Waals surface area contributed by atoms with Gasteiger partial charge < -0.3 is 31.4 Å². The molecule has 0 aromatic rings. The van der Waals surface area contributed by atoms with Gasteiger partial charge in [-0.2, -0.15) is 0 Å². The molecule has 0 aromatic heterocycles. The highest BCUT2D eigenvalue weighted by atomic mass is 16.9. The van der Waals surface area contributed by atoms with Crippen molar-refractivity contribution in [3.05, 3.63) is 12.2 Å². The number of ether oxygens (including phenoxy) is 3. The van der Waals surface area contributed by atoms with Crippen molar-refractivity contribution in [2.24, 2.45) is 35.0 Å². The minimum absolute atomic E-state index is 0.162. The highest BCUT2D eigenvalue weighted by molar-refractivity contribution is 5.14. The molecule has 5 aliphatic rings. The number of hydrogen-bond donors (Lipinski definition) is 3. The average Bonchev–Trinajstić information content (AvgIpc) is 2.95. The third-order valence-electron chi connectivity index (χ3n) is 4.90. The average molecular weight is 253 g/mol. The summed E-state index contributed by atoms with van der Waals surface area (Å²) in [6.07, 6.45) is 5.34. The Bertz CT molecular complexity index is 401. The zero-order valence-electron chi connectivity index (χ0n) is 10.1. The van der Waals surface area contributed by atoms with Crippen LogP contribution in [-0.4, -0.2) is 30.6 Å². The second kappa shape index (κ2) is 3.33. The Balaban J connectivity index is 1.67. The van der Waals surface area contributed by atoms with E-state index >= 15 is 0 Å². The van der Waals surface area contributed by atoms with E-state index in [0.717, 1.165) is 12.8 Å². The lowest BCUT2D eigenvalue weighted by molar-refractivity contribution is -0.506. The first-order valence-corrected chi connectivity index (χ1v) is 6.51. The largest absolute Gasteiger partial charge is 0.325 e. The molecule has 18 heavy (non-hydrogen) atoms. The molecule has 6 N–H and O–H groups in total. The molecule has 6 heteroatoms. The summed E-state index contributed by atoms with van der Waals surface area (Å²) >= 11 is 0. The topological polar surface area (TPSA) is 106 Å². The minimum atomic E-state index is -1.09. The number of allylic oxidation sites excluding steroid dienone is 2. The molecule has 0 radical (unpaired) electrons. The van der Waals surface area contributed by atoms with Gasteiger partial charge in [-0.25, -0.2) is 0 Å². The summed E-state index contributed by atoms with van der Waals surface area (Å²) in [6, 6.07) is 0. The molecule has 3 saturated heterocycles. The zero-order chi connectivity index (χ0) is 12.5. The number of rotatable bonds is 1. The van der Waals surface area contributed by atoms with Gasteiger partial charge in [-0.1, -0.05) is 12.2 Å². The Labute approximate surface area is 105 Å². The Kier molecular flexibility index (Phi) is 2.10. The van der Waals surface area contributed by atoms with E-state index in [0.29, 0.717) is 11.8 Å². The third kappa shape index (κ3) is 1.23. The molecule has 6 nitrogen and oxygen atoms in total. The lowest BCUT2D eigenvalue weighted by atomic mass is 9.86. The quantitative estimate of drug-likeness (QED) is 0.528. The second-order valence-electron chi connectivity index (χ2n) is 5.97. The van der Waals surface area contributed by atoms with Gasteiger partial charge >= 0.3 is 0 Å². The van der Waals surface area contributed by atoms with Gasteiger partial charge in [-0.05, 0) is 24.7 Å². The highest BCUT2D eigenvalue weighted by Crippen LogP contribution is 2.53. The molecule has 1 saturated carbocycles. The molecule has 4 bridgehead atoms. The van der Waals surface area contributed by atoms with Gasteiger partial charge in [0.15, 0.2) is 0 Å². The summed E-state index contributed by atoms with van der Waals surface area (Å²) in [5, 5.41) is 0. The van der Waals surface area contributed by atoms with Gasteiger partial charge in [-0.15, -0.1) is 0 Å². The fraction of sp³-hybridized carbons (Fsp3) is 0.833. The standard InChI is InChI=1S/C12H19N3O3/c13-9-11(15)5-16-12(17-9,18-10(11)14)8-4-6-1-2-7(8)3-6/h1-2,6-10H,3-5,13-15H2. The smallest absolute Gasteiger partial charge is 0.289 e. The molecule has 5 unspecified atom stereocenters. The van der Waals surface area contributed by atoms with E-state index in [1.54, 1.807) is 0 Å². The molecule has 0 spiro atoms. The van der Waals surface area contributed by atoms with Crippen molar-refractivity contribution >= 4 is 0 Å². The molecule has 5 atom stereocenters. The number of hydrogen-bond acceptors (Lipinski definition) is 6. The minimum Gasteiger partial charge on any atom is -0.325 e. The van der Waals surface area contributed by atoms with Crippen LogP contribution in [0.3, 0.4) is 0 Å². The highest BCUT2D eigenvalue weighted by Gasteiger charge is 2.65. The number of fused-ring (bicyclic) bond motifs is 5. The maximum Gasteiger partial charge on any atom is 0.289 e. The van der Waals surface area contributed by atoms with Crippen LogP contribution in [0.5, 0.6) is 0 Å². The van der Waals surface area contributed by atoms with Crippen molar-refractivity contribution < 1.29 is 14.2 Å². The van der Waals surface area contributed by atoms with Crippen LogP contribution in [0.15, 0.2) is 12.2 Å². The van der Waals surface area contributed by atoms with E-state index in [2.05, 4.69) is 12.2 Å². The van der Waals surface area contributed by atoms with Gasteiger partial charge in [0.25, 0.3) is 5.97 Å². The first-order chi connectivity index (χ1) is 8.53. The molecule has 5 rings (SSSR count). The van der Waals surface area contributed by atoms with Gasteiger partial charge in [-0.3, -0.25) is 0 Å². The molecular weight excluding hydrogens is 234 g/mol. The van der Waals surface area contributed by atoms with E-state index in [4.69, 9.17) is 31.4 Å². The van der Waals surface area contributed by atoms with Crippen molar-refractivity contribution in [2.45, 2.75) is 36.8 Å². The molecule has 4 fully saturated rings. The van der Waals surface area contributed by atoms with Gasteiger partial charge in [0.1, 0.15) is 18.0 Å². The van der Waals surface area contributed by atoms with Crippen molar-refractivity contribution in [1.82, 2.24) is 0 Å². The van der Waals surface area contributed by atoms with Gasteiger partial charge in [0, 0.05) is 5.92 Å². The lowest BCUT2D eigenvalue weighted by Crippen LogP contribution is -2.82. The summed E-state index contributed by atoms with van der Waals surface area (Å²) in [5.41, 5.74) is 17.1. The van der Waals surface area contributed by atoms with Crippen LogP contribution in [0.25, 0.3) is 0 Å². The predicted molar refractivity (Wildman–Crippen MR) is 62.6 cm³/mol. The predicted octanol–water partition coefficient (Wildman–Crippen LogP) is -0.803. The first kappa shape index (κ1) is 11.3. The van der Waals surface area contributed by atoms with Crippen molar-refractivity contribution in [3.63, 3.8) is 0 Å². The van der Waals surface area contributed by atoms with Crippen LogP contribution >= 0.6 is 0 Å². The van der Waals surface area contributed by atoms with Gasteiger partial charge in [0.2, 0.25) is 0 Å². The SMILES string of the molecule is NC1OC2(C3CC4C=CC3C4)OCC1(N)C(N)O2. The molecular formula is C12H19N3O3. The van der Waals surface area contributed by atoms with Crippen molar-refractivity contribution in [1.29, 1.82) is 0 Å². The van der Waals surface area contributed by atoms with Crippen LogP contribution in [0.4, 0.5) is 0 Å². The first-order valence-electron chi connectivity index (χ1n) is 6.51. The summed E-state index contributed by atoms with van der Waals surface area (Å²) in [7, 11) is 0. The summed E-state index contributed by atoms with van der Waals surface area (Å²) in [6.45, 7) is 0.285. The molecule has 2 aliphatic carbocycles. The molecule has 3 heterocycles. The monoisotopic (exact) mass is 253 g/mol. The molecule has 3 aliphatic heterocycles. The van der Waals surface area contributed by atoms with Crippen LogP contribution < -0.4 is 17.2 Å². The zero-order valence-corrected chi connectivity index (χ0v) is 10.1. The summed E-state index contributed by atoms with van der Waals surface area (Å²) in [4.78, 5) is 0.